The van der Waals surface area contributed by atoms with Gasteiger partial charge in [-0.2, -0.15) is 0 Å². The molecule has 2 heterocycles. The molecule has 1 N–H and O–H groups in total. The number of halogens is 3. The van der Waals surface area contributed by atoms with E-state index in [2.05, 4.69) is 20.3 Å². The van der Waals surface area contributed by atoms with Crippen LogP contribution in [0.3, 0.4) is 0 Å². The highest BCUT2D eigenvalue weighted by molar-refractivity contribution is 7.91. The van der Waals surface area contributed by atoms with Crippen molar-refractivity contribution in [2.45, 2.75) is 26.4 Å². The van der Waals surface area contributed by atoms with E-state index in [0.717, 1.165) is 5.01 Å². The number of hydrogen-bond donors (Lipinski definition) is 1. The fourth-order valence-electron chi connectivity index (χ4n) is 4.40. The van der Waals surface area contributed by atoms with E-state index in [0.29, 0.717) is 69.4 Å². The number of nitrogens with zero attached hydrogens (tertiary/aromatic N) is 3. The van der Waals surface area contributed by atoms with Crippen LogP contribution < -0.4 is 10.1 Å². The molecule has 0 radical (unpaired) electrons. The van der Waals surface area contributed by atoms with Gasteiger partial charge in [-0.25, -0.2) is 32.2 Å². The lowest BCUT2D eigenvalue weighted by Gasteiger charge is -2.12. The fraction of sp³-hybridized carbons (Fsp3) is 0.258. The minimum absolute atomic E-state index is 0.00854. The highest BCUT2D eigenvalue weighted by Crippen LogP contribution is 2.34. The van der Waals surface area contributed by atoms with Gasteiger partial charge in [-0.1, -0.05) is 30.7 Å². The zero-order valence-corrected chi connectivity index (χ0v) is 26.1. The van der Waals surface area contributed by atoms with Gasteiger partial charge < -0.3 is 14.8 Å². The summed E-state index contributed by atoms with van der Waals surface area (Å²) in [6.07, 6.45) is 2.40. The predicted molar refractivity (Wildman–Crippen MR) is 170 cm³/mol. The van der Waals surface area contributed by atoms with Crippen molar-refractivity contribution in [2.75, 3.05) is 30.0 Å². The molecule has 0 amide bonds. The Balaban J connectivity index is 1.26. The summed E-state index contributed by atoms with van der Waals surface area (Å²) in [7, 11) is -3.09. The number of anilines is 2. The number of sulfone groups is 1. The number of nitrogens with one attached hydrogen (secondary N) is 1. The Morgan fingerprint density at radius 3 is 2.68 bits per heavy atom. The van der Waals surface area contributed by atoms with Crippen LogP contribution in [0.15, 0.2) is 66.3 Å². The Morgan fingerprint density at radius 2 is 1.89 bits per heavy atom. The second-order valence-corrected chi connectivity index (χ2v) is 13.6. The van der Waals surface area contributed by atoms with E-state index < -0.39 is 15.7 Å². The Hall–Kier alpha value is -3.71. The van der Waals surface area contributed by atoms with Crippen molar-refractivity contribution in [3.8, 4) is 17.0 Å². The summed E-state index contributed by atoms with van der Waals surface area (Å²) in [5.74, 6) is 0.212. The number of thiazole rings is 1. The molecule has 44 heavy (non-hydrogen) atoms. The maximum Gasteiger partial charge on any atom is 0.152 e. The topological polar surface area (TPSA) is 103 Å². The lowest BCUT2D eigenvalue weighted by Crippen LogP contribution is -2.16. The molecule has 2 aromatic heterocycles. The van der Waals surface area contributed by atoms with Crippen LogP contribution in [0.2, 0.25) is 5.02 Å². The molecule has 0 saturated heterocycles. The molecule has 0 atom stereocenters. The Kier molecular flexibility index (Phi) is 10.4. The SMILES string of the molecule is CCCS(=O)(=O)CCOCCc1nc(-c2cc3c(Nc4ccc(OCc5cccc(F)c5)c(Cl)c4)ncnc3cc2F)cs1. The van der Waals surface area contributed by atoms with Crippen molar-refractivity contribution in [1.29, 1.82) is 0 Å². The van der Waals surface area contributed by atoms with Crippen LogP contribution >= 0.6 is 22.9 Å². The van der Waals surface area contributed by atoms with E-state index in [1.54, 1.807) is 41.8 Å². The van der Waals surface area contributed by atoms with E-state index in [1.165, 1.54) is 35.9 Å². The van der Waals surface area contributed by atoms with Crippen molar-refractivity contribution in [2.24, 2.45) is 0 Å². The average molecular weight is 659 g/mol. The first-order chi connectivity index (χ1) is 21.2. The van der Waals surface area contributed by atoms with Gasteiger partial charge in [-0.3, -0.25) is 0 Å². The third-order valence-electron chi connectivity index (χ3n) is 6.54. The maximum atomic E-state index is 15.2. The molecule has 0 aliphatic heterocycles. The quantitative estimate of drug-likeness (QED) is 0.123. The van der Waals surface area contributed by atoms with Gasteiger partial charge in [-0.15, -0.1) is 11.3 Å². The zero-order chi connectivity index (χ0) is 31.1. The molecular formula is C31H29ClF2N4O4S2. The summed E-state index contributed by atoms with van der Waals surface area (Å²) in [6.45, 7) is 2.43. The molecule has 0 unspecified atom stereocenters. The monoisotopic (exact) mass is 658 g/mol. The first kappa shape index (κ1) is 31.7. The summed E-state index contributed by atoms with van der Waals surface area (Å²) in [5.41, 5.74) is 2.47. The molecule has 3 aromatic carbocycles. The molecule has 13 heteroatoms. The van der Waals surface area contributed by atoms with Gasteiger partial charge >= 0.3 is 0 Å². The third kappa shape index (κ3) is 8.26. The van der Waals surface area contributed by atoms with Crippen molar-refractivity contribution in [3.05, 3.63) is 93.5 Å². The molecule has 8 nitrogen and oxygen atoms in total. The molecule has 0 aliphatic carbocycles. The van der Waals surface area contributed by atoms with Crippen LogP contribution in [-0.4, -0.2) is 48.1 Å². The lowest BCUT2D eigenvalue weighted by atomic mass is 10.1. The van der Waals surface area contributed by atoms with Crippen molar-refractivity contribution < 1.29 is 26.7 Å². The van der Waals surface area contributed by atoms with Gasteiger partial charge in [-0.05, 0) is 48.4 Å². The van der Waals surface area contributed by atoms with Crippen LogP contribution in [-0.2, 0) is 27.6 Å². The predicted octanol–water partition coefficient (Wildman–Crippen LogP) is 7.39. The Labute approximate surface area is 263 Å². The zero-order valence-electron chi connectivity index (χ0n) is 23.7. The van der Waals surface area contributed by atoms with E-state index >= 15 is 4.39 Å². The van der Waals surface area contributed by atoms with Crippen LogP contribution in [0.5, 0.6) is 5.75 Å². The largest absolute Gasteiger partial charge is 0.487 e. The van der Waals surface area contributed by atoms with Crippen molar-refractivity contribution in [3.63, 3.8) is 0 Å². The van der Waals surface area contributed by atoms with E-state index in [9.17, 15) is 12.8 Å². The molecule has 0 spiro atoms. The second kappa shape index (κ2) is 14.4. The van der Waals surface area contributed by atoms with Crippen molar-refractivity contribution >= 4 is 55.2 Å². The molecule has 0 aliphatic rings. The van der Waals surface area contributed by atoms with Gasteiger partial charge in [0.2, 0.25) is 0 Å². The standard InChI is InChI=1S/C31H29ClF2N4O4S2/c1-2-11-44(39,40)12-10-41-9-8-30-38-28(18-43-30)23-15-24-27(16-26(23)34)35-19-36-31(24)37-22-6-7-29(25(32)14-22)42-17-20-4-3-5-21(33)13-20/h3-7,13-16,18-19H,2,8-12,17H2,1H3,(H,35,36,37). The Morgan fingerprint density at radius 1 is 1.02 bits per heavy atom. The smallest absolute Gasteiger partial charge is 0.152 e. The average Bonchev–Trinajstić information content (AvgIpc) is 3.45. The summed E-state index contributed by atoms with van der Waals surface area (Å²) < 4.78 is 63.5. The first-order valence-electron chi connectivity index (χ1n) is 13.8. The molecule has 5 aromatic rings. The number of fused-ring (bicyclic) bond motifs is 1. The molecule has 230 valence electrons. The van der Waals surface area contributed by atoms with Gasteiger partial charge in [0.05, 0.1) is 40.2 Å². The molecule has 0 bridgehead atoms. The van der Waals surface area contributed by atoms with E-state index in [4.69, 9.17) is 21.1 Å². The molecule has 5 rings (SSSR count). The number of ether oxygens (including phenoxy) is 2. The summed E-state index contributed by atoms with van der Waals surface area (Å²) in [5, 5.41) is 6.66. The van der Waals surface area contributed by atoms with Gasteiger partial charge in [0.15, 0.2) is 9.84 Å². The van der Waals surface area contributed by atoms with E-state index in [-0.39, 0.29) is 30.5 Å². The number of rotatable bonds is 14. The minimum atomic E-state index is -3.09. The summed E-state index contributed by atoms with van der Waals surface area (Å²) in [6, 6.07) is 14.3. The van der Waals surface area contributed by atoms with Crippen molar-refractivity contribution in [1.82, 2.24) is 15.0 Å². The van der Waals surface area contributed by atoms with Crippen LogP contribution in [0.1, 0.15) is 23.9 Å². The van der Waals surface area contributed by atoms with Crippen LogP contribution in [0, 0.1) is 11.6 Å². The first-order valence-corrected chi connectivity index (χ1v) is 16.9. The van der Waals surface area contributed by atoms with Gasteiger partial charge in [0.25, 0.3) is 0 Å². The van der Waals surface area contributed by atoms with Gasteiger partial charge in [0, 0.05) is 40.3 Å². The summed E-state index contributed by atoms with van der Waals surface area (Å²) >= 11 is 7.84. The fourth-order valence-corrected chi connectivity index (χ4v) is 6.62. The maximum absolute atomic E-state index is 15.2. The van der Waals surface area contributed by atoms with Gasteiger partial charge in [0.1, 0.15) is 36.1 Å². The lowest BCUT2D eigenvalue weighted by molar-refractivity contribution is 0.152. The highest BCUT2D eigenvalue weighted by Gasteiger charge is 2.15. The number of aromatic nitrogens is 3. The van der Waals surface area contributed by atoms with Crippen LogP contribution in [0.25, 0.3) is 22.2 Å². The summed E-state index contributed by atoms with van der Waals surface area (Å²) in [4.78, 5) is 13.2. The number of benzene rings is 3. The second-order valence-electron chi connectivity index (χ2n) is 9.90. The molecule has 0 saturated carbocycles. The van der Waals surface area contributed by atoms with Crippen LogP contribution in [0.4, 0.5) is 20.3 Å². The van der Waals surface area contributed by atoms with E-state index in [1.807, 2.05) is 6.92 Å². The Bertz CT molecular complexity index is 1870. The molecular weight excluding hydrogens is 630 g/mol. The highest BCUT2D eigenvalue weighted by atomic mass is 35.5. The third-order valence-corrected chi connectivity index (χ3v) is 9.57. The normalized spacial score (nSPS) is 11.6. The molecule has 0 fully saturated rings. The minimum Gasteiger partial charge on any atom is -0.487 e. The number of hydrogen-bond acceptors (Lipinski definition) is 9.